The van der Waals surface area contributed by atoms with Gasteiger partial charge in [0.15, 0.2) is 0 Å². The van der Waals surface area contributed by atoms with E-state index < -0.39 is 0 Å². The largest absolute Gasteiger partial charge is 0.462 e. The number of esters is 1. The molecule has 284 valence electrons. The van der Waals surface area contributed by atoms with E-state index in [0.717, 1.165) is 103 Å². The van der Waals surface area contributed by atoms with Crippen LogP contribution in [0.15, 0.2) is 93.2 Å². The van der Waals surface area contributed by atoms with Crippen molar-refractivity contribution in [1.29, 1.82) is 0 Å². The topological polar surface area (TPSA) is 46.5 Å². The van der Waals surface area contributed by atoms with Gasteiger partial charge in [-0.15, -0.1) is 0 Å². The molecule has 0 aliphatic heterocycles. The highest BCUT2D eigenvalue weighted by atomic mass is 16.5. The predicted molar refractivity (Wildman–Crippen MR) is 221 cm³/mol. The second kappa shape index (κ2) is 30.0. The highest BCUT2D eigenvalue weighted by Gasteiger charge is 2.13. The summed E-state index contributed by atoms with van der Waals surface area (Å²) in [6.07, 6.45) is 35.6. The molecule has 0 aromatic heterocycles. The Kier molecular flexibility index (Phi) is 28.4. The molecule has 0 rings (SSSR count). The van der Waals surface area contributed by atoms with Crippen LogP contribution in [-0.4, -0.2) is 23.8 Å². The Hall–Kier alpha value is -2.65. The smallest absolute Gasteiger partial charge is 0.302 e. The number of aliphatic hydroxyl groups excluding tert-OH is 1. The summed E-state index contributed by atoms with van der Waals surface area (Å²) in [5.41, 5.74) is 11.4. The average Bonchev–Trinajstić information content (AvgIpc) is 3.03. The lowest BCUT2D eigenvalue weighted by atomic mass is 9.93. The monoisotopic (exact) mass is 691 g/mol. The number of hydrogen-bond donors (Lipinski definition) is 1. The molecule has 0 bridgehead atoms. The number of aliphatic hydroxyl groups is 1. The molecule has 0 aromatic rings. The lowest BCUT2D eigenvalue weighted by molar-refractivity contribution is -0.139. The maximum atomic E-state index is 10.9. The van der Waals surface area contributed by atoms with Gasteiger partial charge in [0, 0.05) is 6.92 Å². The second-order valence-electron chi connectivity index (χ2n) is 15.3. The third-order valence-corrected chi connectivity index (χ3v) is 9.57. The van der Waals surface area contributed by atoms with Gasteiger partial charge in [-0.3, -0.25) is 4.79 Å². The maximum Gasteiger partial charge on any atom is 0.302 e. The van der Waals surface area contributed by atoms with Crippen molar-refractivity contribution >= 4 is 5.97 Å². The molecule has 3 nitrogen and oxygen atoms in total. The van der Waals surface area contributed by atoms with Crippen LogP contribution in [0.4, 0.5) is 0 Å². The second-order valence-corrected chi connectivity index (χ2v) is 15.3. The lowest BCUT2D eigenvalue weighted by Crippen LogP contribution is -2.17. The van der Waals surface area contributed by atoms with Crippen LogP contribution in [0.2, 0.25) is 0 Å². The molecule has 0 aliphatic carbocycles. The summed E-state index contributed by atoms with van der Waals surface area (Å²) >= 11 is 0. The third kappa shape index (κ3) is 30.2. The summed E-state index contributed by atoms with van der Waals surface area (Å²) in [6.45, 7) is 23.9. The Morgan fingerprint density at radius 2 is 0.780 bits per heavy atom. The summed E-state index contributed by atoms with van der Waals surface area (Å²) in [5, 5.41) is 10.8. The normalized spacial score (nSPS) is 15.3. The molecule has 0 spiro atoms. The highest BCUT2D eigenvalue weighted by Crippen LogP contribution is 2.21. The molecule has 0 saturated carbocycles. The molecule has 0 heterocycles. The van der Waals surface area contributed by atoms with E-state index in [1.807, 2.05) is 6.08 Å². The fourth-order valence-corrected chi connectivity index (χ4v) is 5.78. The summed E-state index contributed by atoms with van der Waals surface area (Å²) in [4.78, 5) is 10.9. The average molecular weight is 691 g/mol. The number of carbonyl (C=O) groups excluding carboxylic acids is 1. The van der Waals surface area contributed by atoms with Crippen molar-refractivity contribution in [2.45, 2.75) is 185 Å². The SMILES string of the molecule is CC(=O)OCC=C(C)CCC=C(C)CCC=C(C)CCC=C(C)CCC=C(C)CCC(O)C(C)CCC=C(C)CCC=C(C)CCC=C(C)C. The first kappa shape index (κ1) is 47.4. The third-order valence-electron chi connectivity index (χ3n) is 9.57. The molecule has 50 heavy (non-hydrogen) atoms. The fourth-order valence-electron chi connectivity index (χ4n) is 5.78. The molecule has 2 atom stereocenters. The van der Waals surface area contributed by atoms with Crippen molar-refractivity contribution in [3.8, 4) is 0 Å². The van der Waals surface area contributed by atoms with E-state index in [2.05, 4.69) is 112 Å². The van der Waals surface area contributed by atoms with Gasteiger partial charge in [0.05, 0.1) is 6.10 Å². The molecule has 0 radical (unpaired) electrons. The van der Waals surface area contributed by atoms with E-state index in [4.69, 9.17) is 4.74 Å². The van der Waals surface area contributed by atoms with Crippen LogP contribution < -0.4 is 0 Å². The zero-order valence-electron chi connectivity index (χ0n) is 34.6. The summed E-state index contributed by atoms with van der Waals surface area (Å²) in [7, 11) is 0. The maximum absolute atomic E-state index is 10.9. The van der Waals surface area contributed by atoms with Gasteiger partial charge in [0.2, 0.25) is 0 Å². The summed E-state index contributed by atoms with van der Waals surface area (Å²) < 4.78 is 4.98. The Morgan fingerprint density at radius 1 is 0.460 bits per heavy atom. The van der Waals surface area contributed by atoms with Crippen molar-refractivity contribution in [3.05, 3.63) is 93.2 Å². The zero-order chi connectivity index (χ0) is 37.7. The first-order valence-corrected chi connectivity index (χ1v) is 19.7. The van der Waals surface area contributed by atoms with Crippen LogP contribution in [0, 0.1) is 5.92 Å². The lowest BCUT2D eigenvalue weighted by Gasteiger charge is -2.18. The number of rotatable bonds is 27. The molecule has 3 heteroatoms. The minimum absolute atomic E-state index is 0.228. The number of ether oxygens (including phenoxy) is 1. The van der Waals surface area contributed by atoms with Gasteiger partial charge < -0.3 is 9.84 Å². The Bertz CT molecular complexity index is 1190. The number of hydrogen-bond acceptors (Lipinski definition) is 3. The van der Waals surface area contributed by atoms with Gasteiger partial charge in [-0.05, 0) is 177 Å². The minimum atomic E-state index is -0.229. The standard InChI is InChI=1S/C47H78O3/c1-37(2)19-12-20-38(3)21-13-26-42(7)31-18-32-45(10)47(49)34-33-43(8)29-16-27-40(5)24-14-22-39(4)23-15-25-41(6)28-17-30-44(9)35-36-50-46(11)48/h19,21,23-24,28-29,31,35,45,47,49H,12-18,20,22,25-27,30,32-34,36H2,1-11H3. The van der Waals surface area contributed by atoms with Crippen LogP contribution in [0.5, 0.6) is 0 Å². The molecule has 1 N–H and O–H groups in total. The minimum Gasteiger partial charge on any atom is -0.462 e. The molecule has 0 saturated heterocycles. The van der Waals surface area contributed by atoms with Crippen molar-refractivity contribution < 1.29 is 14.6 Å². The van der Waals surface area contributed by atoms with E-state index in [1.165, 1.54) is 51.5 Å². The Labute approximate surface area is 310 Å². The zero-order valence-corrected chi connectivity index (χ0v) is 34.6. The Balaban J connectivity index is 4.26. The van der Waals surface area contributed by atoms with Crippen LogP contribution in [0.1, 0.15) is 179 Å². The van der Waals surface area contributed by atoms with E-state index in [9.17, 15) is 9.90 Å². The predicted octanol–water partition coefficient (Wildman–Crippen LogP) is 14.4. The van der Waals surface area contributed by atoms with E-state index in [-0.39, 0.29) is 12.1 Å². The summed E-state index contributed by atoms with van der Waals surface area (Å²) in [6, 6.07) is 0. The number of carbonyl (C=O) groups is 1. The molecule has 0 fully saturated rings. The van der Waals surface area contributed by atoms with Crippen molar-refractivity contribution in [3.63, 3.8) is 0 Å². The molecular weight excluding hydrogens is 613 g/mol. The van der Waals surface area contributed by atoms with E-state index in [0.29, 0.717) is 12.5 Å². The van der Waals surface area contributed by atoms with Crippen molar-refractivity contribution in [2.24, 2.45) is 5.92 Å². The molecule has 0 aromatic carbocycles. The summed E-state index contributed by atoms with van der Waals surface area (Å²) in [5.74, 6) is 0.100. The van der Waals surface area contributed by atoms with Gasteiger partial charge in [-0.1, -0.05) is 94.0 Å². The molecular formula is C47H78O3. The Morgan fingerprint density at radius 3 is 1.14 bits per heavy atom. The van der Waals surface area contributed by atoms with Gasteiger partial charge >= 0.3 is 5.97 Å². The van der Waals surface area contributed by atoms with E-state index >= 15 is 0 Å². The first-order valence-electron chi connectivity index (χ1n) is 19.7. The van der Waals surface area contributed by atoms with Gasteiger partial charge in [-0.2, -0.15) is 0 Å². The van der Waals surface area contributed by atoms with Gasteiger partial charge in [0.1, 0.15) is 6.61 Å². The molecule has 0 amide bonds. The van der Waals surface area contributed by atoms with Crippen molar-refractivity contribution in [2.75, 3.05) is 6.61 Å². The van der Waals surface area contributed by atoms with Gasteiger partial charge in [0.25, 0.3) is 0 Å². The highest BCUT2D eigenvalue weighted by molar-refractivity contribution is 5.66. The van der Waals surface area contributed by atoms with Crippen LogP contribution in [0.25, 0.3) is 0 Å². The molecule has 2 unspecified atom stereocenters. The van der Waals surface area contributed by atoms with Crippen molar-refractivity contribution in [1.82, 2.24) is 0 Å². The first-order chi connectivity index (χ1) is 23.7. The fraction of sp³-hybridized carbons (Fsp3) is 0.638. The van der Waals surface area contributed by atoms with Gasteiger partial charge in [-0.25, -0.2) is 0 Å². The van der Waals surface area contributed by atoms with Crippen LogP contribution in [0.3, 0.4) is 0 Å². The van der Waals surface area contributed by atoms with E-state index in [1.54, 1.807) is 0 Å². The molecule has 0 aliphatic rings. The van der Waals surface area contributed by atoms with Crippen LogP contribution in [-0.2, 0) is 9.53 Å². The van der Waals surface area contributed by atoms with Crippen LogP contribution >= 0.6 is 0 Å². The number of allylic oxidation sites excluding steroid dienone is 15. The quantitative estimate of drug-likeness (QED) is 0.0689.